The second-order valence-electron chi connectivity index (χ2n) is 10.7. The van der Waals surface area contributed by atoms with Gasteiger partial charge in [0.25, 0.3) is 5.56 Å². The van der Waals surface area contributed by atoms with Crippen molar-refractivity contribution >= 4 is 26.6 Å². The SMILES string of the molecule is N#Cc1c(NS(=O)(=O)C2CCC2)ccc(F)c1Oc1ccc2ncn(C3CC4(CCNCC4)C3)c(=O)c2c1. The Morgan fingerprint density at radius 2 is 1.95 bits per heavy atom. The van der Waals surface area contributed by atoms with Crippen molar-refractivity contribution in [2.45, 2.75) is 56.2 Å². The number of piperidine rings is 1. The van der Waals surface area contributed by atoms with Crippen molar-refractivity contribution in [3.05, 3.63) is 58.4 Å². The lowest BCUT2D eigenvalue weighted by molar-refractivity contribution is 0.0270. The maximum Gasteiger partial charge on any atom is 0.261 e. The average molecular weight is 538 g/mol. The van der Waals surface area contributed by atoms with Gasteiger partial charge in [0.05, 0.1) is 28.2 Å². The highest BCUT2D eigenvalue weighted by molar-refractivity contribution is 7.93. The quantitative estimate of drug-likeness (QED) is 0.483. The van der Waals surface area contributed by atoms with Gasteiger partial charge in [-0.25, -0.2) is 17.8 Å². The summed E-state index contributed by atoms with van der Waals surface area (Å²) in [5, 5.41) is 12.9. The maximum atomic E-state index is 14.8. The number of ether oxygens (including phenoxy) is 1. The molecule has 0 amide bonds. The largest absolute Gasteiger partial charge is 0.453 e. The number of halogens is 1. The van der Waals surface area contributed by atoms with E-state index in [9.17, 15) is 22.9 Å². The molecule has 1 spiro atoms. The van der Waals surface area contributed by atoms with Crippen molar-refractivity contribution in [1.82, 2.24) is 14.9 Å². The number of rotatable bonds is 6. The van der Waals surface area contributed by atoms with E-state index in [1.807, 2.05) is 6.07 Å². The van der Waals surface area contributed by atoms with Crippen LogP contribution < -0.4 is 20.3 Å². The Balaban J connectivity index is 1.29. The van der Waals surface area contributed by atoms with Crippen LogP contribution in [0.5, 0.6) is 11.5 Å². The Hall–Kier alpha value is -3.49. The Morgan fingerprint density at radius 3 is 2.63 bits per heavy atom. The van der Waals surface area contributed by atoms with Crippen LogP contribution in [0, 0.1) is 22.6 Å². The van der Waals surface area contributed by atoms with Crippen LogP contribution in [0.1, 0.15) is 56.6 Å². The zero-order valence-corrected chi connectivity index (χ0v) is 21.6. The van der Waals surface area contributed by atoms with Gasteiger partial charge in [-0.05, 0) is 87.4 Å². The number of hydrogen-bond donors (Lipinski definition) is 2. The van der Waals surface area contributed by atoms with Crippen molar-refractivity contribution in [2.24, 2.45) is 5.41 Å². The number of nitrogens with zero attached hydrogens (tertiary/aromatic N) is 3. The topological polar surface area (TPSA) is 126 Å². The van der Waals surface area contributed by atoms with Crippen LogP contribution in [0.4, 0.5) is 10.1 Å². The predicted molar refractivity (Wildman–Crippen MR) is 140 cm³/mol. The highest BCUT2D eigenvalue weighted by atomic mass is 32.2. The maximum absolute atomic E-state index is 14.8. The number of nitrogens with one attached hydrogen (secondary N) is 2. The zero-order valence-electron chi connectivity index (χ0n) is 20.7. The zero-order chi connectivity index (χ0) is 26.5. The molecule has 3 aliphatic rings. The molecule has 6 rings (SSSR count). The van der Waals surface area contributed by atoms with E-state index in [1.54, 1.807) is 17.0 Å². The van der Waals surface area contributed by atoms with Gasteiger partial charge in [0.2, 0.25) is 10.0 Å². The predicted octanol–water partition coefficient (Wildman–Crippen LogP) is 4.20. The van der Waals surface area contributed by atoms with Gasteiger partial charge in [-0.15, -0.1) is 0 Å². The number of fused-ring (bicyclic) bond motifs is 1. The first-order chi connectivity index (χ1) is 18.3. The third kappa shape index (κ3) is 4.31. The minimum Gasteiger partial charge on any atom is -0.453 e. The van der Waals surface area contributed by atoms with Crippen molar-refractivity contribution in [3.8, 4) is 17.6 Å². The van der Waals surface area contributed by atoms with Gasteiger partial charge in [0.1, 0.15) is 17.4 Å². The van der Waals surface area contributed by atoms with E-state index in [1.165, 1.54) is 18.2 Å². The summed E-state index contributed by atoms with van der Waals surface area (Å²) in [5.74, 6) is -1.08. The monoisotopic (exact) mass is 537 g/mol. The minimum absolute atomic E-state index is 0.0440. The third-order valence-electron chi connectivity index (χ3n) is 8.33. The fraction of sp³-hybridized carbons (Fsp3) is 0.444. The molecule has 2 saturated carbocycles. The van der Waals surface area contributed by atoms with Crippen LogP contribution in [0.25, 0.3) is 10.9 Å². The summed E-state index contributed by atoms with van der Waals surface area (Å²) in [5.41, 5.74) is 0.275. The molecule has 9 nitrogen and oxygen atoms in total. The summed E-state index contributed by atoms with van der Waals surface area (Å²) in [7, 11) is -3.70. The Kier molecular flexibility index (Phi) is 6.12. The van der Waals surface area contributed by atoms with Gasteiger partial charge in [0.15, 0.2) is 11.6 Å². The first kappa shape index (κ1) is 24.8. The van der Waals surface area contributed by atoms with Gasteiger partial charge in [-0.1, -0.05) is 6.42 Å². The lowest BCUT2D eigenvalue weighted by Gasteiger charge is -2.50. The van der Waals surface area contributed by atoms with E-state index in [4.69, 9.17) is 4.74 Å². The average Bonchev–Trinajstić information content (AvgIpc) is 2.84. The number of hydrogen-bond acceptors (Lipinski definition) is 7. The lowest BCUT2D eigenvalue weighted by Crippen LogP contribution is -2.47. The number of sulfonamides is 1. The number of benzene rings is 2. The van der Waals surface area contributed by atoms with Crippen molar-refractivity contribution in [2.75, 3.05) is 17.8 Å². The van der Waals surface area contributed by atoms with Crippen molar-refractivity contribution < 1.29 is 17.5 Å². The Labute approximate surface area is 219 Å². The smallest absolute Gasteiger partial charge is 0.261 e. The van der Waals surface area contributed by atoms with Crippen molar-refractivity contribution in [1.29, 1.82) is 5.26 Å². The molecule has 3 fully saturated rings. The van der Waals surface area contributed by atoms with Crippen LogP contribution in [-0.4, -0.2) is 36.3 Å². The summed E-state index contributed by atoms with van der Waals surface area (Å²) < 4.78 is 49.9. The van der Waals surface area contributed by atoms with Gasteiger partial charge in [-0.3, -0.25) is 14.1 Å². The lowest BCUT2D eigenvalue weighted by atomic mass is 9.60. The molecule has 11 heteroatoms. The molecule has 2 heterocycles. The van der Waals surface area contributed by atoms with E-state index in [2.05, 4.69) is 15.0 Å². The highest BCUT2D eigenvalue weighted by Crippen LogP contribution is 2.53. The van der Waals surface area contributed by atoms with Crippen LogP contribution in [0.15, 0.2) is 41.5 Å². The highest BCUT2D eigenvalue weighted by Gasteiger charge is 2.45. The normalized spacial score (nSPS) is 19.5. The minimum atomic E-state index is -3.70. The Bertz CT molecular complexity index is 1610. The molecule has 0 bridgehead atoms. The molecule has 2 aromatic carbocycles. The van der Waals surface area contributed by atoms with Gasteiger partial charge in [0, 0.05) is 6.04 Å². The second-order valence-corrected chi connectivity index (χ2v) is 12.6. The van der Waals surface area contributed by atoms with E-state index in [-0.39, 0.29) is 28.6 Å². The first-order valence-electron chi connectivity index (χ1n) is 12.9. The van der Waals surface area contributed by atoms with E-state index in [0.29, 0.717) is 29.2 Å². The molecule has 38 heavy (non-hydrogen) atoms. The fourth-order valence-corrected chi connectivity index (χ4v) is 7.43. The van der Waals surface area contributed by atoms with Gasteiger partial charge >= 0.3 is 0 Å². The molecular formula is C27H28FN5O4S. The van der Waals surface area contributed by atoms with Gasteiger partial charge < -0.3 is 10.1 Å². The Morgan fingerprint density at radius 1 is 1.18 bits per heavy atom. The van der Waals surface area contributed by atoms with E-state index >= 15 is 0 Å². The van der Waals surface area contributed by atoms with Gasteiger partial charge in [-0.2, -0.15) is 5.26 Å². The molecule has 3 aromatic rings. The second kappa shape index (κ2) is 9.36. The molecule has 198 valence electrons. The standard InChI is InChI=1S/C27H28FN5O4S/c28-22-5-7-24(32-38(35,36)19-2-1-3-19)21(15-29)25(22)37-18-4-6-23-20(12-18)26(34)33(16-31-23)17-13-27(14-17)8-10-30-11-9-27/h4-7,12,16-17,19,30,32H,1-3,8-11,13-14H2. The first-order valence-corrected chi connectivity index (χ1v) is 14.5. The number of nitriles is 1. The van der Waals surface area contributed by atoms with E-state index in [0.717, 1.165) is 51.3 Å². The molecule has 1 aliphatic heterocycles. The summed E-state index contributed by atoms with van der Waals surface area (Å²) >= 11 is 0. The summed E-state index contributed by atoms with van der Waals surface area (Å²) in [6, 6.07) is 8.86. The molecule has 0 unspecified atom stereocenters. The van der Waals surface area contributed by atoms with E-state index < -0.39 is 26.8 Å². The molecule has 0 radical (unpaired) electrons. The molecule has 1 saturated heterocycles. The molecule has 1 aromatic heterocycles. The molecule has 0 atom stereocenters. The number of anilines is 1. The van der Waals surface area contributed by atoms with Crippen LogP contribution >= 0.6 is 0 Å². The summed E-state index contributed by atoms with van der Waals surface area (Å²) in [6.07, 6.45) is 7.62. The molecule has 2 aliphatic carbocycles. The van der Waals surface area contributed by atoms with Crippen LogP contribution in [0.3, 0.4) is 0 Å². The van der Waals surface area contributed by atoms with Crippen molar-refractivity contribution in [3.63, 3.8) is 0 Å². The third-order valence-corrected chi connectivity index (χ3v) is 10.2. The summed E-state index contributed by atoms with van der Waals surface area (Å²) in [4.78, 5) is 17.8. The summed E-state index contributed by atoms with van der Waals surface area (Å²) in [6.45, 7) is 2.01. The number of aromatic nitrogens is 2. The van der Waals surface area contributed by atoms with Crippen LogP contribution in [0.2, 0.25) is 0 Å². The van der Waals surface area contributed by atoms with Crippen LogP contribution in [-0.2, 0) is 10.0 Å². The molecular weight excluding hydrogens is 509 g/mol. The molecule has 2 N–H and O–H groups in total. The fourth-order valence-electron chi connectivity index (χ4n) is 5.83.